The molecule has 0 aliphatic carbocycles. The van der Waals surface area contributed by atoms with Crippen LogP contribution in [-0.4, -0.2) is 11.0 Å². The van der Waals surface area contributed by atoms with Gasteiger partial charge in [0.2, 0.25) is 0 Å². The van der Waals surface area contributed by atoms with Gasteiger partial charge < -0.3 is 9.84 Å². The van der Waals surface area contributed by atoms with Crippen LogP contribution in [0.25, 0.3) is 0 Å². The van der Waals surface area contributed by atoms with Gasteiger partial charge in [-0.25, -0.2) is 5.84 Å². The molecule has 2 aromatic carbocycles. The fourth-order valence-corrected chi connectivity index (χ4v) is 1.74. The van der Waals surface area contributed by atoms with Gasteiger partial charge in [-0.1, -0.05) is 24.3 Å². The lowest BCUT2D eigenvalue weighted by Gasteiger charge is -2.08. The number of nitrogen functional groups attached to an aromatic ring is 1. The minimum atomic E-state index is -0.334. The molecule has 5 heteroatoms. The van der Waals surface area contributed by atoms with Gasteiger partial charge in [-0.15, -0.1) is 0 Å². The molecule has 20 heavy (non-hydrogen) atoms. The summed E-state index contributed by atoms with van der Waals surface area (Å²) in [6.07, 6.45) is 0. The molecule has 0 spiro atoms. The van der Waals surface area contributed by atoms with Gasteiger partial charge >= 0.3 is 0 Å². The van der Waals surface area contributed by atoms with Crippen molar-refractivity contribution in [3.8, 4) is 5.75 Å². The lowest BCUT2D eigenvalue weighted by molar-refractivity contribution is 0.0953. The van der Waals surface area contributed by atoms with Gasteiger partial charge in [0.15, 0.2) is 0 Å². The molecule has 0 atom stereocenters. The molecule has 4 N–H and O–H groups in total. The highest BCUT2D eigenvalue weighted by Gasteiger charge is 2.04. The minimum Gasteiger partial charge on any atom is -0.489 e. The molecule has 104 valence electrons. The molecular weight excluding hydrogens is 256 g/mol. The standard InChI is InChI=1S/C15H16N2O3/c16-17-15(19)13-3-1-2-12(8-13)10-20-14-6-4-11(9-18)5-7-14/h1-8,18H,9-10,16H2,(H,17,19). The van der Waals surface area contributed by atoms with Crippen molar-refractivity contribution < 1.29 is 14.6 Å². The number of benzene rings is 2. The maximum absolute atomic E-state index is 11.4. The molecule has 0 aromatic heterocycles. The summed E-state index contributed by atoms with van der Waals surface area (Å²) in [6.45, 7) is 0.362. The number of carbonyl (C=O) groups is 1. The van der Waals surface area contributed by atoms with E-state index in [0.717, 1.165) is 11.1 Å². The smallest absolute Gasteiger partial charge is 0.265 e. The molecule has 0 bridgehead atoms. The minimum absolute atomic E-state index is 0.0104. The summed E-state index contributed by atoms with van der Waals surface area (Å²) < 4.78 is 5.62. The van der Waals surface area contributed by atoms with Crippen LogP contribution >= 0.6 is 0 Å². The highest BCUT2D eigenvalue weighted by atomic mass is 16.5. The molecule has 0 saturated carbocycles. The molecule has 5 nitrogen and oxygen atoms in total. The summed E-state index contributed by atoms with van der Waals surface area (Å²) >= 11 is 0. The number of carbonyl (C=O) groups excluding carboxylic acids is 1. The monoisotopic (exact) mass is 272 g/mol. The third-order valence-electron chi connectivity index (χ3n) is 2.83. The third kappa shape index (κ3) is 3.57. The second-order valence-electron chi connectivity index (χ2n) is 4.26. The molecule has 0 aliphatic heterocycles. The quantitative estimate of drug-likeness (QED) is 0.436. The van der Waals surface area contributed by atoms with Crippen molar-refractivity contribution in [1.29, 1.82) is 0 Å². The fraction of sp³-hybridized carbons (Fsp3) is 0.133. The first-order valence-electron chi connectivity index (χ1n) is 6.15. The molecule has 1 amide bonds. The van der Waals surface area contributed by atoms with Crippen LogP contribution in [0.5, 0.6) is 5.75 Å². The maximum atomic E-state index is 11.4. The van der Waals surface area contributed by atoms with Crippen LogP contribution in [0.3, 0.4) is 0 Å². The average Bonchev–Trinajstić information content (AvgIpc) is 2.53. The van der Waals surface area contributed by atoms with E-state index in [4.69, 9.17) is 15.7 Å². The number of nitrogens with one attached hydrogen (secondary N) is 1. The molecule has 0 fully saturated rings. The van der Waals surface area contributed by atoms with Crippen LogP contribution in [0.2, 0.25) is 0 Å². The van der Waals surface area contributed by atoms with Crippen molar-refractivity contribution in [1.82, 2.24) is 5.43 Å². The van der Waals surface area contributed by atoms with Gasteiger partial charge in [-0.3, -0.25) is 10.2 Å². The molecule has 2 aromatic rings. The van der Waals surface area contributed by atoms with E-state index in [2.05, 4.69) is 5.43 Å². The van der Waals surface area contributed by atoms with Crippen molar-refractivity contribution in [2.45, 2.75) is 13.2 Å². The number of rotatable bonds is 5. The second kappa shape index (κ2) is 6.70. The largest absolute Gasteiger partial charge is 0.489 e. The van der Waals surface area contributed by atoms with Gasteiger partial charge in [0, 0.05) is 5.56 Å². The molecular formula is C15H16N2O3. The maximum Gasteiger partial charge on any atom is 0.265 e. The molecule has 0 radical (unpaired) electrons. The van der Waals surface area contributed by atoms with E-state index in [0.29, 0.717) is 17.9 Å². The predicted octanol–water partition coefficient (Wildman–Crippen LogP) is 1.36. The van der Waals surface area contributed by atoms with Gasteiger partial charge in [0.1, 0.15) is 12.4 Å². The van der Waals surface area contributed by atoms with Crippen molar-refractivity contribution >= 4 is 5.91 Å². The summed E-state index contributed by atoms with van der Waals surface area (Å²) in [5.74, 6) is 5.47. The number of aliphatic hydroxyl groups is 1. The predicted molar refractivity (Wildman–Crippen MR) is 74.8 cm³/mol. The lowest BCUT2D eigenvalue weighted by atomic mass is 10.1. The molecule has 0 heterocycles. The van der Waals surface area contributed by atoms with E-state index >= 15 is 0 Å². The molecule has 0 saturated heterocycles. The SMILES string of the molecule is NNC(=O)c1cccc(COc2ccc(CO)cc2)c1. The number of hydrazine groups is 1. The molecule has 2 rings (SSSR count). The lowest BCUT2D eigenvalue weighted by Crippen LogP contribution is -2.30. The van der Waals surface area contributed by atoms with E-state index in [1.165, 1.54) is 0 Å². The van der Waals surface area contributed by atoms with Crippen LogP contribution in [0.15, 0.2) is 48.5 Å². The van der Waals surface area contributed by atoms with Crippen LogP contribution in [0, 0.1) is 0 Å². The summed E-state index contributed by atoms with van der Waals surface area (Å²) in [5, 5.41) is 8.95. The highest BCUT2D eigenvalue weighted by molar-refractivity contribution is 5.93. The third-order valence-corrected chi connectivity index (χ3v) is 2.83. The Bertz CT molecular complexity index is 582. The zero-order valence-electron chi connectivity index (χ0n) is 10.9. The Hall–Kier alpha value is -2.37. The van der Waals surface area contributed by atoms with Gasteiger partial charge in [-0.05, 0) is 35.4 Å². The Morgan fingerprint density at radius 3 is 2.55 bits per heavy atom. The first-order valence-corrected chi connectivity index (χ1v) is 6.15. The zero-order chi connectivity index (χ0) is 14.4. The van der Waals surface area contributed by atoms with Crippen LogP contribution < -0.4 is 16.0 Å². The summed E-state index contributed by atoms with van der Waals surface area (Å²) in [4.78, 5) is 11.4. The second-order valence-corrected chi connectivity index (χ2v) is 4.26. The Kier molecular flexibility index (Phi) is 4.70. The van der Waals surface area contributed by atoms with Crippen LogP contribution in [-0.2, 0) is 13.2 Å². The topological polar surface area (TPSA) is 84.6 Å². The Morgan fingerprint density at radius 1 is 1.15 bits per heavy atom. The number of nitrogens with two attached hydrogens (primary N) is 1. The van der Waals surface area contributed by atoms with Crippen molar-refractivity contribution in [2.24, 2.45) is 5.84 Å². The highest BCUT2D eigenvalue weighted by Crippen LogP contribution is 2.15. The van der Waals surface area contributed by atoms with E-state index < -0.39 is 0 Å². The van der Waals surface area contributed by atoms with Gasteiger partial charge in [0.25, 0.3) is 5.91 Å². The summed E-state index contributed by atoms with van der Waals surface area (Å²) in [7, 11) is 0. The summed E-state index contributed by atoms with van der Waals surface area (Å²) in [6, 6.07) is 14.2. The van der Waals surface area contributed by atoms with E-state index in [-0.39, 0.29) is 12.5 Å². The molecule has 0 aliphatic rings. The zero-order valence-corrected chi connectivity index (χ0v) is 10.9. The Morgan fingerprint density at radius 2 is 1.90 bits per heavy atom. The first-order chi connectivity index (χ1) is 9.72. The van der Waals surface area contributed by atoms with Crippen molar-refractivity contribution in [3.05, 3.63) is 65.2 Å². The Balaban J connectivity index is 2.01. The Labute approximate surface area is 117 Å². The number of hydrogen-bond acceptors (Lipinski definition) is 4. The molecule has 0 unspecified atom stereocenters. The van der Waals surface area contributed by atoms with Crippen molar-refractivity contribution in [3.63, 3.8) is 0 Å². The number of aliphatic hydroxyl groups excluding tert-OH is 1. The average molecular weight is 272 g/mol. The number of amides is 1. The van der Waals surface area contributed by atoms with Crippen molar-refractivity contribution in [2.75, 3.05) is 0 Å². The van der Waals surface area contributed by atoms with Gasteiger partial charge in [0.05, 0.1) is 6.61 Å². The number of ether oxygens (including phenoxy) is 1. The van der Waals surface area contributed by atoms with Crippen LogP contribution in [0.1, 0.15) is 21.5 Å². The summed E-state index contributed by atoms with van der Waals surface area (Å²) in [5.41, 5.74) is 4.29. The van der Waals surface area contributed by atoms with E-state index in [1.54, 1.807) is 42.5 Å². The van der Waals surface area contributed by atoms with Crippen LogP contribution in [0.4, 0.5) is 0 Å². The van der Waals surface area contributed by atoms with E-state index in [9.17, 15) is 4.79 Å². The van der Waals surface area contributed by atoms with Gasteiger partial charge in [-0.2, -0.15) is 0 Å². The number of hydrogen-bond donors (Lipinski definition) is 3. The van der Waals surface area contributed by atoms with E-state index in [1.807, 2.05) is 6.07 Å². The first kappa shape index (κ1) is 14.0. The fourth-order valence-electron chi connectivity index (χ4n) is 1.74. The normalized spacial score (nSPS) is 10.1.